The molecule has 2 rings (SSSR count). The molecule has 0 spiro atoms. The molecule has 104 valence electrons. The molecule has 0 radical (unpaired) electrons. The van der Waals surface area contributed by atoms with Crippen molar-refractivity contribution in [3.63, 3.8) is 0 Å². The van der Waals surface area contributed by atoms with Crippen molar-refractivity contribution in [2.24, 2.45) is 0 Å². The van der Waals surface area contributed by atoms with Crippen molar-refractivity contribution in [1.29, 1.82) is 0 Å². The van der Waals surface area contributed by atoms with Gasteiger partial charge in [-0.15, -0.1) is 0 Å². The zero-order valence-electron chi connectivity index (χ0n) is 10.3. The van der Waals surface area contributed by atoms with Crippen LogP contribution in [0.5, 0.6) is 0 Å². The van der Waals surface area contributed by atoms with Gasteiger partial charge in [-0.25, -0.2) is 0 Å². The van der Waals surface area contributed by atoms with Crippen LogP contribution in [0.3, 0.4) is 0 Å². The Morgan fingerprint density at radius 3 is 2.40 bits per heavy atom. The van der Waals surface area contributed by atoms with E-state index in [-0.39, 0.29) is 5.91 Å². The van der Waals surface area contributed by atoms with E-state index >= 15 is 0 Å². The Morgan fingerprint density at radius 1 is 1.10 bits per heavy atom. The molecule has 3 N–H and O–H groups in total. The number of hydrogen-bond acceptors (Lipinski definition) is 3. The molecular weight excluding hydrogens is 282 g/mol. The molecule has 0 atom stereocenters. The first kappa shape index (κ1) is 14.3. The zero-order chi connectivity index (χ0) is 14.5. The molecule has 0 heterocycles. The highest BCUT2D eigenvalue weighted by Crippen LogP contribution is 2.31. The van der Waals surface area contributed by atoms with E-state index < -0.39 is 5.76 Å². The smallest absolute Gasteiger partial charge is 0.288 e. The van der Waals surface area contributed by atoms with Gasteiger partial charge in [0.05, 0.1) is 5.69 Å². The van der Waals surface area contributed by atoms with Gasteiger partial charge in [0.25, 0.3) is 11.7 Å². The van der Waals surface area contributed by atoms with E-state index in [2.05, 4.69) is 5.32 Å². The normalized spacial score (nSPS) is 10.6. The molecule has 0 saturated heterocycles. The molecule has 0 aliphatic heterocycles. The first-order chi connectivity index (χ1) is 9.56. The Balaban J connectivity index is 2.17. The number of carbonyl (C=O) groups is 1. The molecule has 0 unspecified atom stereocenters. The standard InChI is InChI=1S/C14H12F2N2OS/c15-14(16)20-12-4-2-1-3-11(12)18-13(19)9-5-7-10(17)8-6-9/h1-8,14H,17H2,(H,18,19). The number of para-hydroxylation sites is 1. The minimum atomic E-state index is -2.54. The fourth-order valence-electron chi connectivity index (χ4n) is 1.60. The van der Waals surface area contributed by atoms with Gasteiger partial charge in [0.15, 0.2) is 0 Å². The van der Waals surface area contributed by atoms with Crippen molar-refractivity contribution >= 4 is 29.0 Å². The molecular formula is C14H12F2N2OS. The van der Waals surface area contributed by atoms with Gasteiger partial charge in [-0.2, -0.15) is 8.78 Å². The lowest BCUT2D eigenvalue weighted by molar-refractivity contribution is 0.102. The van der Waals surface area contributed by atoms with Crippen molar-refractivity contribution in [2.75, 3.05) is 11.1 Å². The average Bonchev–Trinajstić information content (AvgIpc) is 2.41. The molecule has 0 saturated carbocycles. The van der Waals surface area contributed by atoms with Gasteiger partial charge in [0.2, 0.25) is 0 Å². The van der Waals surface area contributed by atoms with Gasteiger partial charge in [0.1, 0.15) is 0 Å². The molecule has 1 amide bonds. The van der Waals surface area contributed by atoms with E-state index in [1.165, 1.54) is 6.07 Å². The third kappa shape index (κ3) is 3.71. The number of benzene rings is 2. The van der Waals surface area contributed by atoms with Crippen LogP contribution in [0, 0.1) is 0 Å². The number of nitrogens with two attached hydrogens (primary N) is 1. The van der Waals surface area contributed by atoms with E-state index in [0.717, 1.165) is 0 Å². The van der Waals surface area contributed by atoms with Gasteiger partial charge in [0, 0.05) is 16.1 Å². The highest BCUT2D eigenvalue weighted by molar-refractivity contribution is 7.99. The van der Waals surface area contributed by atoms with Gasteiger partial charge in [-0.1, -0.05) is 23.9 Å². The number of hydrogen-bond donors (Lipinski definition) is 2. The SMILES string of the molecule is Nc1ccc(C(=O)Nc2ccccc2SC(F)F)cc1. The van der Waals surface area contributed by atoms with Crippen LogP contribution in [-0.4, -0.2) is 11.7 Å². The summed E-state index contributed by atoms with van der Waals surface area (Å²) in [6.07, 6.45) is 0. The molecule has 0 aliphatic carbocycles. The number of thioether (sulfide) groups is 1. The number of rotatable bonds is 4. The van der Waals surface area contributed by atoms with Gasteiger partial charge < -0.3 is 11.1 Å². The van der Waals surface area contributed by atoms with Crippen molar-refractivity contribution < 1.29 is 13.6 Å². The third-order valence-electron chi connectivity index (χ3n) is 2.52. The molecule has 3 nitrogen and oxygen atoms in total. The largest absolute Gasteiger partial charge is 0.399 e. The number of alkyl halides is 2. The monoisotopic (exact) mass is 294 g/mol. The number of nitrogens with one attached hydrogen (secondary N) is 1. The first-order valence-corrected chi connectivity index (χ1v) is 6.65. The van der Waals surface area contributed by atoms with Crippen LogP contribution in [0.4, 0.5) is 20.2 Å². The fourth-order valence-corrected chi connectivity index (χ4v) is 2.19. The third-order valence-corrected chi connectivity index (χ3v) is 3.31. The predicted octanol–water partition coefficient (Wildman–Crippen LogP) is 3.84. The summed E-state index contributed by atoms with van der Waals surface area (Å²) in [6.45, 7) is 0. The van der Waals surface area contributed by atoms with Crippen LogP contribution in [0.1, 0.15) is 10.4 Å². The Labute approximate surface area is 119 Å². The van der Waals surface area contributed by atoms with E-state index in [0.29, 0.717) is 33.6 Å². The Bertz CT molecular complexity index is 602. The summed E-state index contributed by atoms with van der Waals surface area (Å²) in [6, 6.07) is 12.8. The van der Waals surface area contributed by atoms with Crippen LogP contribution in [-0.2, 0) is 0 Å². The quantitative estimate of drug-likeness (QED) is 0.665. The van der Waals surface area contributed by atoms with Crippen molar-refractivity contribution in [1.82, 2.24) is 0 Å². The second kappa shape index (κ2) is 6.38. The maximum absolute atomic E-state index is 12.4. The molecule has 0 bridgehead atoms. The fraction of sp³-hybridized carbons (Fsp3) is 0.0714. The summed E-state index contributed by atoms with van der Waals surface area (Å²) in [5, 5.41) is 2.62. The molecule has 2 aromatic carbocycles. The highest BCUT2D eigenvalue weighted by atomic mass is 32.2. The Hall–Kier alpha value is -2.08. The Morgan fingerprint density at radius 2 is 1.75 bits per heavy atom. The molecule has 20 heavy (non-hydrogen) atoms. The summed E-state index contributed by atoms with van der Waals surface area (Å²) >= 11 is 0.397. The number of anilines is 2. The maximum atomic E-state index is 12.4. The Kier molecular flexibility index (Phi) is 4.57. The van der Waals surface area contributed by atoms with E-state index in [1.807, 2.05) is 0 Å². The van der Waals surface area contributed by atoms with Crippen molar-refractivity contribution in [3.05, 3.63) is 54.1 Å². The van der Waals surface area contributed by atoms with Crippen molar-refractivity contribution in [3.8, 4) is 0 Å². The van der Waals surface area contributed by atoms with Crippen molar-refractivity contribution in [2.45, 2.75) is 10.7 Å². The van der Waals surface area contributed by atoms with Crippen LogP contribution in [0.15, 0.2) is 53.4 Å². The van der Waals surface area contributed by atoms with Gasteiger partial charge in [-0.05, 0) is 36.4 Å². The minimum Gasteiger partial charge on any atom is -0.399 e. The lowest BCUT2D eigenvalue weighted by Gasteiger charge is -2.10. The van der Waals surface area contributed by atoms with E-state index in [4.69, 9.17) is 5.73 Å². The molecule has 0 aliphatic rings. The summed E-state index contributed by atoms with van der Waals surface area (Å²) in [5.74, 6) is -2.91. The van der Waals surface area contributed by atoms with Crippen LogP contribution in [0.25, 0.3) is 0 Å². The molecule has 0 fully saturated rings. The maximum Gasteiger partial charge on any atom is 0.288 e. The number of amides is 1. The first-order valence-electron chi connectivity index (χ1n) is 5.77. The molecule has 2 aromatic rings. The number of halogens is 2. The van der Waals surface area contributed by atoms with E-state index in [1.54, 1.807) is 42.5 Å². The zero-order valence-corrected chi connectivity index (χ0v) is 11.2. The second-order valence-electron chi connectivity index (χ2n) is 3.95. The number of carbonyl (C=O) groups excluding carboxylic acids is 1. The summed E-state index contributed by atoms with van der Waals surface area (Å²) in [4.78, 5) is 12.3. The summed E-state index contributed by atoms with van der Waals surface area (Å²) in [7, 11) is 0. The summed E-state index contributed by atoms with van der Waals surface area (Å²) < 4.78 is 24.9. The second-order valence-corrected chi connectivity index (χ2v) is 4.98. The average molecular weight is 294 g/mol. The van der Waals surface area contributed by atoms with E-state index in [9.17, 15) is 13.6 Å². The lowest BCUT2D eigenvalue weighted by atomic mass is 10.2. The lowest BCUT2D eigenvalue weighted by Crippen LogP contribution is -2.12. The predicted molar refractivity (Wildman–Crippen MR) is 77.1 cm³/mol. The van der Waals surface area contributed by atoms with Crippen LogP contribution in [0.2, 0.25) is 0 Å². The topological polar surface area (TPSA) is 55.1 Å². The van der Waals surface area contributed by atoms with Crippen LogP contribution >= 0.6 is 11.8 Å². The minimum absolute atomic E-state index is 0.325. The molecule has 0 aromatic heterocycles. The summed E-state index contributed by atoms with van der Waals surface area (Å²) in [5.41, 5.74) is 6.86. The molecule has 6 heteroatoms. The van der Waals surface area contributed by atoms with Gasteiger partial charge in [-0.3, -0.25) is 4.79 Å². The number of nitrogen functional groups attached to an aromatic ring is 1. The highest BCUT2D eigenvalue weighted by Gasteiger charge is 2.12. The van der Waals surface area contributed by atoms with Gasteiger partial charge >= 0.3 is 0 Å². The van der Waals surface area contributed by atoms with Crippen LogP contribution < -0.4 is 11.1 Å².